The molecule has 0 radical (unpaired) electrons. The van der Waals surface area contributed by atoms with E-state index in [-0.39, 0.29) is 22.3 Å². The van der Waals surface area contributed by atoms with Crippen LogP contribution in [0.15, 0.2) is 34.9 Å². The fourth-order valence-electron chi connectivity index (χ4n) is 1.53. The normalized spacial score (nSPS) is 10.3. The Kier molecular flexibility index (Phi) is 4.01. The maximum Gasteiger partial charge on any atom is 0.314 e. The Morgan fingerprint density at radius 1 is 1.47 bits per heavy atom. The van der Waals surface area contributed by atoms with Crippen molar-refractivity contribution >= 4 is 33.2 Å². The van der Waals surface area contributed by atoms with Crippen molar-refractivity contribution in [1.29, 1.82) is 0 Å². The van der Waals surface area contributed by atoms with Gasteiger partial charge in [-0.15, -0.1) is 0 Å². The summed E-state index contributed by atoms with van der Waals surface area (Å²) in [6.45, 7) is 1.64. The van der Waals surface area contributed by atoms with Gasteiger partial charge in [0.15, 0.2) is 0 Å². The van der Waals surface area contributed by atoms with Gasteiger partial charge < -0.3 is 4.74 Å². The lowest BCUT2D eigenvalue weighted by Crippen LogP contribution is -1.97. The molecule has 0 atom stereocenters. The van der Waals surface area contributed by atoms with E-state index >= 15 is 0 Å². The van der Waals surface area contributed by atoms with Crippen LogP contribution in [0.1, 0.15) is 5.56 Å². The summed E-state index contributed by atoms with van der Waals surface area (Å²) in [6.07, 6.45) is 1.50. The van der Waals surface area contributed by atoms with Crippen LogP contribution in [0.3, 0.4) is 0 Å². The number of nitrogens with zero attached hydrogens (tertiary/aromatic N) is 2. The highest BCUT2D eigenvalue weighted by Crippen LogP contribution is 2.36. The van der Waals surface area contributed by atoms with Crippen molar-refractivity contribution in [3.8, 4) is 11.6 Å². The SMILES string of the molecule is Cc1cccc(Oc2ncc(Br)cc2Cl)c1[N+](=O)[O-]. The summed E-state index contributed by atoms with van der Waals surface area (Å²) in [5, 5.41) is 11.3. The van der Waals surface area contributed by atoms with Crippen LogP contribution in [0.25, 0.3) is 0 Å². The third-order valence-electron chi connectivity index (χ3n) is 2.36. The lowest BCUT2D eigenvalue weighted by molar-refractivity contribution is -0.386. The van der Waals surface area contributed by atoms with Gasteiger partial charge in [0.05, 0.1) is 4.92 Å². The number of halogens is 2. The zero-order valence-corrected chi connectivity index (χ0v) is 12.1. The predicted molar refractivity (Wildman–Crippen MR) is 74.9 cm³/mol. The number of benzene rings is 1. The number of rotatable bonds is 3. The van der Waals surface area contributed by atoms with Gasteiger partial charge in [0.1, 0.15) is 5.02 Å². The monoisotopic (exact) mass is 342 g/mol. The van der Waals surface area contributed by atoms with Crippen molar-refractivity contribution in [2.24, 2.45) is 0 Å². The summed E-state index contributed by atoms with van der Waals surface area (Å²) < 4.78 is 6.13. The highest BCUT2D eigenvalue weighted by atomic mass is 79.9. The Hall–Kier alpha value is -1.66. The maximum absolute atomic E-state index is 11.0. The van der Waals surface area contributed by atoms with Gasteiger partial charge in [-0.05, 0) is 35.0 Å². The Morgan fingerprint density at radius 3 is 2.84 bits per heavy atom. The van der Waals surface area contributed by atoms with Crippen molar-refractivity contribution in [3.05, 3.63) is 55.6 Å². The molecule has 1 aromatic heterocycles. The number of aryl methyl sites for hydroxylation is 1. The molecule has 1 aromatic carbocycles. The second-order valence-electron chi connectivity index (χ2n) is 3.72. The molecule has 0 N–H and O–H groups in total. The summed E-state index contributed by atoms with van der Waals surface area (Å²) in [5.74, 6) is 0.236. The highest BCUT2D eigenvalue weighted by Gasteiger charge is 2.20. The topological polar surface area (TPSA) is 65.3 Å². The minimum Gasteiger partial charge on any atom is -0.430 e. The first kappa shape index (κ1) is 13.8. The standard InChI is InChI=1S/C12H8BrClN2O3/c1-7-3-2-4-10(11(7)16(17)18)19-12-9(14)5-8(13)6-15-12/h2-6H,1H3. The Bertz CT molecular complexity index is 649. The highest BCUT2D eigenvalue weighted by molar-refractivity contribution is 9.10. The molecular weight excluding hydrogens is 336 g/mol. The fourth-order valence-corrected chi connectivity index (χ4v) is 2.20. The largest absolute Gasteiger partial charge is 0.430 e. The molecule has 1 heterocycles. The van der Waals surface area contributed by atoms with Gasteiger partial charge in [0.25, 0.3) is 0 Å². The van der Waals surface area contributed by atoms with Crippen LogP contribution in [-0.2, 0) is 0 Å². The first-order valence-corrected chi connectivity index (χ1v) is 6.39. The number of nitro groups is 1. The van der Waals surface area contributed by atoms with E-state index in [9.17, 15) is 10.1 Å². The van der Waals surface area contributed by atoms with Crippen LogP contribution in [0.5, 0.6) is 11.6 Å². The minimum atomic E-state index is -0.489. The van der Waals surface area contributed by atoms with E-state index in [4.69, 9.17) is 16.3 Å². The van der Waals surface area contributed by atoms with Gasteiger partial charge in [0, 0.05) is 16.2 Å². The summed E-state index contributed by atoms with van der Waals surface area (Å²) in [7, 11) is 0. The minimum absolute atomic E-state index is 0.0942. The smallest absolute Gasteiger partial charge is 0.314 e. The number of hydrogen-bond donors (Lipinski definition) is 0. The van der Waals surface area contributed by atoms with E-state index in [1.165, 1.54) is 12.3 Å². The Labute approximate surface area is 122 Å². The summed E-state index contributed by atoms with van der Waals surface area (Å²) in [6, 6.07) is 6.42. The summed E-state index contributed by atoms with van der Waals surface area (Å²) >= 11 is 9.18. The lowest BCUT2D eigenvalue weighted by atomic mass is 10.2. The van der Waals surface area contributed by atoms with E-state index in [2.05, 4.69) is 20.9 Å². The first-order valence-electron chi connectivity index (χ1n) is 5.22. The van der Waals surface area contributed by atoms with Crippen LogP contribution < -0.4 is 4.74 Å². The van der Waals surface area contributed by atoms with Gasteiger partial charge in [0.2, 0.25) is 11.6 Å². The molecular formula is C12H8BrClN2O3. The third-order valence-corrected chi connectivity index (χ3v) is 3.07. The Morgan fingerprint density at radius 2 is 2.21 bits per heavy atom. The maximum atomic E-state index is 11.0. The van der Waals surface area contributed by atoms with Crippen LogP contribution in [0.2, 0.25) is 5.02 Å². The third kappa shape index (κ3) is 3.02. The number of nitro benzene ring substituents is 1. The molecule has 2 rings (SSSR count). The Balaban J connectivity index is 2.44. The molecule has 0 spiro atoms. The van der Waals surface area contributed by atoms with Gasteiger partial charge in [-0.25, -0.2) is 4.98 Å². The average molecular weight is 344 g/mol. The van der Waals surface area contributed by atoms with E-state index < -0.39 is 4.92 Å². The van der Waals surface area contributed by atoms with Crippen LogP contribution in [-0.4, -0.2) is 9.91 Å². The quantitative estimate of drug-likeness (QED) is 0.607. The molecule has 0 aliphatic carbocycles. The molecule has 0 bridgehead atoms. The summed E-state index contributed by atoms with van der Waals surface area (Å²) in [5.41, 5.74) is 0.416. The number of hydrogen-bond acceptors (Lipinski definition) is 4. The second-order valence-corrected chi connectivity index (χ2v) is 5.04. The summed E-state index contributed by atoms with van der Waals surface area (Å²) in [4.78, 5) is 14.5. The molecule has 0 unspecified atom stereocenters. The zero-order chi connectivity index (χ0) is 14.0. The molecule has 19 heavy (non-hydrogen) atoms. The second kappa shape index (κ2) is 5.54. The van der Waals surface area contributed by atoms with Crippen LogP contribution >= 0.6 is 27.5 Å². The number of pyridine rings is 1. The van der Waals surface area contributed by atoms with Crippen molar-refractivity contribution in [1.82, 2.24) is 4.98 Å². The molecule has 0 fully saturated rings. The molecule has 0 saturated carbocycles. The molecule has 0 amide bonds. The molecule has 2 aromatic rings. The molecule has 7 heteroatoms. The number of para-hydroxylation sites is 1. The molecule has 98 valence electrons. The van der Waals surface area contributed by atoms with E-state index in [1.807, 2.05) is 0 Å². The van der Waals surface area contributed by atoms with Crippen LogP contribution in [0.4, 0.5) is 5.69 Å². The molecule has 5 nitrogen and oxygen atoms in total. The van der Waals surface area contributed by atoms with Crippen molar-refractivity contribution in [2.45, 2.75) is 6.92 Å². The van der Waals surface area contributed by atoms with Gasteiger partial charge in [-0.2, -0.15) is 0 Å². The lowest BCUT2D eigenvalue weighted by Gasteiger charge is -2.08. The fraction of sp³-hybridized carbons (Fsp3) is 0.0833. The van der Waals surface area contributed by atoms with Gasteiger partial charge in [-0.1, -0.05) is 23.7 Å². The molecule has 0 aliphatic rings. The van der Waals surface area contributed by atoms with Crippen molar-refractivity contribution in [3.63, 3.8) is 0 Å². The molecule has 0 aliphatic heterocycles. The number of ether oxygens (including phenoxy) is 1. The average Bonchev–Trinajstić information content (AvgIpc) is 2.32. The number of aromatic nitrogens is 1. The van der Waals surface area contributed by atoms with Crippen molar-refractivity contribution in [2.75, 3.05) is 0 Å². The van der Waals surface area contributed by atoms with Gasteiger partial charge in [-0.3, -0.25) is 10.1 Å². The predicted octanol–water partition coefficient (Wildman–Crippen LogP) is 4.51. The van der Waals surface area contributed by atoms with E-state index in [1.54, 1.807) is 25.1 Å². The molecule has 0 saturated heterocycles. The van der Waals surface area contributed by atoms with Crippen LogP contribution in [0, 0.1) is 17.0 Å². The van der Waals surface area contributed by atoms with E-state index in [0.717, 1.165) is 0 Å². The first-order chi connectivity index (χ1) is 8.99. The zero-order valence-electron chi connectivity index (χ0n) is 9.76. The van der Waals surface area contributed by atoms with Gasteiger partial charge >= 0.3 is 5.69 Å². The van der Waals surface area contributed by atoms with E-state index in [0.29, 0.717) is 10.0 Å². The van der Waals surface area contributed by atoms with Crippen molar-refractivity contribution < 1.29 is 9.66 Å².